The van der Waals surface area contributed by atoms with Gasteiger partial charge in [-0.25, -0.2) is 27.9 Å². The van der Waals surface area contributed by atoms with Gasteiger partial charge in [0.25, 0.3) is 0 Å². The molecule has 0 aliphatic carbocycles. The third-order valence-corrected chi connectivity index (χ3v) is 6.93. The number of hydrogen-bond acceptors (Lipinski definition) is 8. The molecule has 2 aromatic heterocycles. The number of amides is 1. The number of likely N-dealkylation sites (tertiary alicyclic amines) is 1. The van der Waals surface area contributed by atoms with Crippen LogP contribution >= 0.6 is 0 Å². The van der Waals surface area contributed by atoms with Crippen LogP contribution in [0.15, 0.2) is 41.7 Å². The predicted molar refractivity (Wildman–Crippen MR) is 129 cm³/mol. The molecule has 3 heterocycles. The van der Waals surface area contributed by atoms with Crippen LogP contribution < -0.4 is 4.90 Å². The lowest BCUT2D eigenvalue weighted by atomic mass is 10.1. The number of ether oxygens (including phenoxy) is 1. The van der Waals surface area contributed by atoms with Gasteiger partial charge in [-0.2, -0.15) is 5.10 Å². The van der Waals surface area contributed by atoms with E-state index in [0.717, 1.165) is 29.6 Å². The van der Waals surface area contributed by atoms with E-state index in [4.69, 9.17) is 4.74 Å². The highest BCUT2D eigenvalue weighted by atomic mass is 32.2. The van der Waals surface area contributed by atoms with E-state index in [2.05, 4.69) is 15.1 Å². The summed E-state index contributed by atoms with van der Waals surface area (Å²) in [4.78, 5) is 25.2. The van der Waals surface area contributed by atoms with Crippen LogP contribution in [0.3, 0.4) is 0 Å². The summed E-state index contributed by atoms with van der Waals surface area (Å²) in [7, 11) is -1.39. The normalized spacial score (nSPS) is 15.5. The van der Waals surface area contributed by atoms with Gasteiger partial charge in [0, 0.05) is 32.1 Å². The lowest BCUT2D eigenvalue weighted by Crippen LogP contribution is -2.42. The van der Waals surface area contributed by atoms with Crippen molar-refractivity contribution in [1.29, 1.82) is 0 Å². The van der Waals surface area contributed by atoms with Crippen LogP contribution in [0.4, 0.5) is 16.3 Å². The Morgan fingerprint density at radius 3 is 2.35 bits per heavy atom. The quantitative estimate of drug-likeness (QED) is 0.550. The molecule has 10 nitrogen and oxygen atoms in total. The van der Waals surface area contributed by atoms with Crippen LogP contribution in [0.1, 0.15) is 39.7 Å². The Kier molecular flexibility index (Phi) is 6.24. The standard InChI is InChI=1S/C23H30N6O4S/c1-23(2,3)33-22(30)28-12-10-17(11-13-28)29-21-19(14-26-29)20(24-15-25-21)27(4)16-6-8-18(9-7-16)34(5,31)32/h6-9,14-15,17H,10-13H2,1-5H3. The van der Waals surface area contributed by atoms with Crippen molar-refractivity contribution in [1.82, 2.24) is 24.6 Å². The Labute approximate surface area is 199 Å². The molecular weight excluding hydrogens is 456 g/mol. The molecule has 34 heavy (non-hydrogen) atoms. The van der Waals surface area contributed by atoms with E-state index in [-0.39, 0.29) is 17.0 Å². The van der Waals surface area contributed by atoms with Crippen LogP contribution in [0, 0.1) is 0 Å². The first-order valence-corrected chi connectivity index (χ1v) is 13.0. The molecule has 11 heteroatoms. The van der Waals surface area contributed by atoms with Gasteiger partial charge >= 0.3 is 6.09 Å². The number of benzene rings is 1. The van der Waals surface area contributed by atoms with Gasteiger partial charge in [0.2, 0.25) is 0 Å². The van der Waals surface area contributed by atoms with E-state index >= 15 is 0 Å². The summed E-state index contributed by atoms with van der Waals surface area (Å²) >= 11 is 0. The van der Waals surface area contributed by atoms with E-state index in [0.29, 0.717) is 18.9 Å². The number of anilines is 2. The molecule has 1 amide bonds. The fourth-order valence-corrected chi connectivity index (χ4v) is 4.67. The number of carbonyl (C=O) groups excluding carboxylic acids is 1. The maximum atomic E-state index is 12.4. The Morgan fingerprint density at radius 2 is 1.76 bits per heavy atom. The highest BCUT2D eigenvalue weighted by Gasteiger charge is 2.29. The summed E-state index contributed by atoms with van der Waals surface area (Å²) in [6.45, 7) is 6.77. The lowest BCUT2D eigenvalue weighted by Gasteiger charge is -2.33. The van der Waals surface area contributed by atoms with Crippen LogP contribution in [-0.2, 0) is 14.6 Å². The van der Waals surface area contributed by atoms with Crippen molar-refractivity contribution in [3.05, 3.63) is 36.8 Å². The first-order chi connectivity index (χ1) is 15.9. The maximum Gasteiger partial charge on any atom is 0.410 e. The molecule has 0 N–H and O–H groups in total. The fourth-order valence-electron chi connectivity index (χ4n) is 4.04. The molecule has 1 saturated heterocycles. The highest BCUT2D eigenvalue weighted by Crippen LogP contribution is 2.32. The number of aromatic nitrogens is 4. The third-order valence-electron chi connectivity index (χ3n) is 5.80. The van der Waals surface area contributed by atoms with Gasteiger partial charge in [0.15, 0.2) is 15.5 Å². The average molecular weight is 487 g/mol. The monoisotopic (exact) mass is 486 g/mol. The molecular formula is C23H30N6O4S. The molecule has 0 atom stereocenters. The minimum Gasteiger partial charge on any atom is -0.444 e. The Bertz CT molecular complexity index is 1290. The SMILES string of the molecule is CN(c1ccc(S(C)(=O)=O)cc1)c1ncnc2c1cnn2C1CCN(C(=O)OC(C)(C)C)CC1. The first kappa shape index (κ1) is 23.9. The molecule has 0 unspecified atom stereocenters. The van der Waals surface area contributed by atoms with Crippen molar-refractivity contribution in [3.63, 3.8) is 0 Å². The number of carbonyl (C=O) groups is 1. The van der Waals surface area contributed by atoms with Gasteiger partial charge in [-0.1, -0.05) is 0 Å². The van der Waals surface area contributed by atoms with Crippen LogP contribution in [0.5, 0.6) is 0 Å². The van der Waals surface area contributed by atoms with Crippen LogP contribution in [0.25, 0.3) is 11.0 Å². The van der Waals surface area contributed by atoms with Crippen molar-refractivity contribution in [2.45, 2.75) is 50.2 Å². The fraction of sp³-hybridized carbons (Fsp3) is 0.478. The number of sulfone groups is 1. The van der Waals surface area contributed by atoms with Gasteiger partial charge in [-0.05, 0) is 57.9 Å². The van der Waals surface area contributed by atoms with Gasteiger partial charge in [-0.15, -0.1) is 0 Å². The van der Waals surface area contributed by atoms with Crippen molar-refractivity contribution in [2.24, 2.45) is 0 Å². The van der Waals surface area contributed by atoms with E-state index in [1.165, 1.54) is 12.6 Å². The third kappa shape index (κ3) is 4.98. The first-order valence-electron chi connectivity index (χ1n) is 11.1. The summed E-state index contributed by atoms with van der Waals surface area (Å²) in [6.07, 6.45) is 5.66. The molecule has 182 valence electrons. The van der Waals surface area contributed by atoms with Gasteiger partial charge < -0.3 is 14.5 Å². The van der Waals surface area contributed by atoms with Crippen LogP contribution in [-0.4, -0.2) is 71.2 Å². The summed E-state index contributed by atoms with van der Waals surface area (Å²) in [5.41, 5.74) is 1.00. The van der Waals surface area contributed by atoms with Gasteiger partial charge in [0.1, 0.15) is 17.7 Å². The zero-order valence-electron chi connectivity index (χ0n) is 20.1. The second-order valence-electron chi connectivity index (χ2n) is 9.55. The van der Waals surface area contributed by atoms with Crippen LogP contribution in [0.2, 0.25) is 0 Å². The molecule has 0 radical (unpaired) electrons. The molecule has 1 fully saturated rings. The lowest BCUT2D eigenvalue weighted by molar-refractivity contribution is 0.0186. The van der Waals surface area contributed by atoms with Crippen molar-refractivity contribution in [2.75, 3.05) is 31.3 Å². The summed E-state index contributed by atoms with van der Waals surface area (Å²) in [5.74, 6) is 0.676. The second-order valence-corrected chi connectivity index (χ2v) is 11.6. The number of piperidine rings is 1. The molecule has 1 aromatic carbocycles. The van der Waals surface area contributed by atoms with E-state index < -0.39 is 15.4 Å². The number of fused-ring (bicyclic) bond motifs is 1. The summed E-state index contributed by atoms with van der Waals surface area (Å²) < 4.78 is 30.9. The molecule has 4 rings (SSSR count). The summed E-state index contributed by atoms with van der Waals surface area (Å²) in [6, 6.07) is 6.78. The van der Waals surface area contributed by atoms with Crippen molar-refractivity contribution < 1.29 is 17.9 Å². The number of nitrogens with zero attached hydrogens (tertiary/aromatic N) is 6. The van der Waals surface area contributed by atoms with Crippen molar-refractivity contribution >= 4 is 38.5 Å². The Balaban J connectivity index is 1.53. The molecule has 3 aromatic rings. The number of hydrogen-bond donors (Lipinski definition) is 0. The smallest absolute Gasteiger partial charge is 0.410 e. The average Bonchev–Trinajstić information content (AvgIpc) is 3.21. The summed E-state index contributed by atoms with van der Waals surface area (Å²) in [5, 5.41) is 5.40. The largest absolute Gasteiger partial charge is 0.444 e. The van der Waals surface area contributed by atoms with Gasteiger partial charge in [-0.3, -0.25) is 0 Å². The second kappa shape index (κ2) is 8.86. The molecule has 0 saturated carbocycles. The molecule has 1 aliphatic rings. The Morgan fingerprint density at radius 1 is 1.12 bits per heavy atom. The van der Waals surface area contributed by atoms with E-state index in [9.17, 15) is 13.2 Å². The van der Waals surface area contributed by atoms with E-state index in [1.54, 1.807) is 35.4 Å². The maximum absolute atomic E-state index is 12.4. The molecule has 0 spiro atoms. The topological polar surface area (TPSA) is 111 Å². The molecule has 0 bridgehead atoms. The zero-order valence-corrected chi connectivity index (χ0v) is 20.9. The minimum atomic E-state index is -3.26. The highest BCUT2D eigenvalue weighted by molar-refractivity contribution is 7.90. The minimum absolute atomic E-state index is 0.110. The number of rotatable bonds is 4. The molecule has 1 aliphatic heterocycles. The van der Waals surface area contributed by atoms with E-state index in [1.807, 2.05) is 37.4 Å². The zero-order chi connectivity index (χ0) is 24.7. The van der Waals surface area contributed by atoms with Gasteiger partial charge in [0.05, 0.1) is 22.5 Å². The van der Waals surface area contributed by atoms with Crippen molar-refractivity contribution in [3.8, 4) is 0 Å². The predicted octanol–water partition coefficient (Wildman–Crippen LogP) is 3.57. The Hall–Kier alpha value is -3.21.